The van der Waals surface area contributed by atoms with E-state index in [9.17, 15) is 29.4 Å². The molecular formula is C30H24N2O7. The molecule has 0 atom stereocenters. The molecule has 196 valence electrons. The number of aldehydes is 1. The zero-order chi connectivity index (χ0) is 27.8. The SMILES string of the molecule is O=Cc1cc(C(=O)O)c(NC(=O)N(Cc2ccccc2)Cc2ccc(Oc3ccccc3)cc2)cc1C(=O)O. The van der Waals surface area contributed by atoms with E-state index in [4.69, 9.17) is 4.74 Å². The van der Waals surface area contributed by atoms with Crippen molar-refractivity contribution in [3.63, 3.8) is 0 Å². The summed E-state index contributed by atoms with van der Waals surface area (Å²) in [5, 5.41) is 21.6. The topological polar surface area (TPSA) is 133 Å². The first kappa shape index (κ1) is 26.6. The first-order chi connectivity index (χ1) is 18.8. The van der Waals surface area contributed by atoms with Crippen molar-refractivity contribution in [2.75, 3.05) is 5.32 Å². The van der Waals surface area contributed by atoms with E-state index in [2.05, 4.69) is 5.32 Å². The standard InChI is InChI=1S/C30H24N2O7/c33-19-22-15-26(29(36)37)27(16-25(22)28(34)35)31-30(38)32(17-20-7-3-1-4-8-20)18-21-11-13-24(14-12-21)39-23-9-5-2-6-10-23/h1-16,19H,17-18H2,(H,31,38)(H,34,35)(H,36,37). The van der Waals surface area contributed by atoms with E-state index in [1.807, 2.05) is 72.8 Å². The molecule has 0 radical (unpaired) electrons. The van der Waals surface area contributed by atoms with Crippen molar-refractivity contribution >= 4 is 29.9 Å². The van der Waals surface area contributed by atoms with Gasteiger partial charge in [-0.25, -0.2) is 14.4 Å². The van der Waals surface area contributed by atoms with Crippen molar-refractivity contribution in [3.05, 3.63) is 125 Å². The van der Waals surface area contributed by atoms with Crippen LogP contribution in [0.5, 0.6) is 11.5 Å². The molecule has 4 aromatic rings. The number of carbonyl (C=O) groups is 4. The maximum absolute atomic E-state index is 13.4. The summed E-state index contributed by atoms with van der Waals surface area (Å²) in [6, 6.07) is 26.9. The molecule has 4 aromatic carbocycles. The fourth-order valence-corrected chi connectivity index (χ4v) is 3.88. The van der Waals surface area contributed by atoms with Crippen molar-refractivity contribution < 1.29 is 34.1 Å². The molecule has 0 bridgehead atoms. The number of nitrogens with one attached hydrogen (secondary N) is 1. The molecule has 0 saturated heterocycles. The molecule has 3 N–H and O–H groups in total. The maximum Gasteiger partial charge on any atom is 0.337 e. The van der Waals surface area contributed by atoms with E-state index in [1.54, 1.807) is 12.1 Å². The fourth-order valence-electron chi connectivity index (χ4n) is 3.88. The summed E-state index contributed by atoms with van der Waals surface area (Å²) in [5.41, 5.74) is 0.239. The van der Waals surface area contributed by atoms with Crippen LogP contribution in [0.1, 0.15) is 42.2 Å². The Labute approximate surface area is 223 Å². The number of aromatic carboxylic acids is 2. The number of anilines is 1. The van der Waals surface area contributed by atoms with E-state index in [-0.39, 0.29) is 30.6 Å². The molecular weight excluding hydrogens is 500 g/mol. The third kappa shape index (κ3) is 6.86. The molecule has 0 aliphatic carbocycles. The van der Waals surface area contributed by atoms with Gasteiger partial charge in [0.25, 0.3) is 0 Å². The van der Waals surface area contributed by atoms with Gasteiger partial charge < -0.3 is 25.2 Å². The lowest BCUT2D eigenvalue weighted by Crippen LogP contribution is -2.34. The number of benzene rings is 4. The lowest BCUT2D eigenvalue weighted by atomic mass is 10.0. The van der Waals surface area contributed by atoms with Crippen LogP contribution in [0.25, 0.3) is 0 Å². The van der Waals surface area contributed by atoms with Gasteiger partial charge in [0.05, 0.1) is 16.8 Å². The zero-order valence-electron chi connectivity index (χ0n) is 20.6. The lowest BCUT2D eigenvalue weighted by Gasteiger charge is -2.24. The Balaban J connectivity index is 1.60. The van der Waals surface area contributed by atoms with Crippen molar-refractivity contribution in [3.8, 4) is 11.5 Å². The van der Waals surface area contributed by atoms with Gasteiger partial charge in [0.2, 0.25) is 0 Å². The Kier molecular flexibility index (Phi) is 8.33. The second-order valence-corrected chi connectivity index (χ2v) is 8.54. The minimum Gasteiger partial charge on any atom is -0.478 e. The average Bonchev–Trinajstić information content (AvgIpc) is 2.94. The van der Waals surface area contributed by atoms with Crippen LogP contribution in [0.3, 0.4) is 0 Å². The summed E-state index contributed by atoms with van der Waals surface area (Å²) < 4.78 is 5.82. The van der Waals surface area contributed by atoms with Gasteiger partial charge in [-0.05, 0) is 47.5 Å². The molecule has 4 rings (SSSR count). The number of amides is 2. The highest BCUT2D eigenvalue weighted by Gasteiger charge is 2.22. The van der Waals surface area contributed by atoms with Gasteiger partial charge in [0.1, 0.15) is 11.5 Å². The minimum atomic E-state index is -1.43. The summed E-state index contributed by atoms with van der Waals surface area (Å²) in [6.07, 6.45) is 0.258. The molecule has 0 aromatic heterocycles. The number of rotatable bonds is 10. The summed E-state index contributed by atoms with van der Waals surface area (Å²) in [5.74, 6) is -1.55. The van der Waals surface area contributed by atoms with Crippen molar-refractivity contribution in [2.45, 2.75) is 13.1 Å². The third-order valence-electron chi connectivity index (χ3n) is 5.80. The monoisotopic (exact) mass is 524 g/mol. The summed E-state index contributed by atoms with van der Waals surface area (Å²) >= 11 is 0. The van der Waals surface area contributed by atoms with Crippen LogP contribution in [0, 0.1) is 0 Å². The van der Waals surface area contributed by atoms with Crippen LogP contribution >= 0.6 is 0 Å². The zero-order valence-corrected chi connectivity index (χ0v) is 20.6. The second kappa shape index (κ2) is 12.2. The van der Waals surface area contributed by atoms with Crippen LogP contribution in [0.4, 0.5) is 10.5 Å². The number of urea groups is 1. The highest BCUT2D eigenvalue weighted by atomic mass is 16.5. The molecule has 0 aliphatic heterocycles. The largest absolute Gasteiger partial charge is 0.478 e. The molecule has 0 fully saturated rings. The smallest absolute Gasteiger partial charge is 0.337 e. The van der Waals surface area contributed by atoms with Gasteiger partial charge in [0, 0.05) is 18.7 Å². The van der Waals surface area contributed by atoms with Crippen LogP contribution in [-0.4, -0.2) is 39.4 Å². The van der Waals surface area contributed by atoms with E-state index in [1.165, 1.54) is 4.90 Å². The number of hydrogen-bond donors (Lipinski definition) is 3. The highest BCUT2D eigenvalue weighted by Crippen LogP contribution is 2.24. The van der Waals surface area contributed by atoms with Crippen LogP contribution in [0.2, 0.25) is 0 Å². The Morgan fingerprint density at radius 3 is 1.82 bits per heavy atom. The Morgan fingerprint density at radius 1 is 0.718 bits per heavy atom. The minimum absolute atomic E-state index is 0.160. The first-order valence-electron chi connectivity index (χ1n) is 11.9. The number of carboxylic acids is 2. The Bertz CT molecular complexity index is 1490. The van der Waals surface area contributed by atoms with Gasteiger partial charge in [-0.15, -0.1) is 0 Å². The summed E-state index contributed by atoms with van der Waals surface area (Å²) in [7, 11) is 0. The number of carbonyl (C=O) groups excluding carboxylic acids is 2. The molecule has 0 spiro atoms. The van der Waals surface area contributed by atoms with Gasteiger partial charge >= 0.3 is 18.0 Å². The molecule has 0 saturated carbocycles. The van der Waals surface area contributed by atoms with Gasteiger partial charge in [-0.2, -0.15) is 0 Å². The Morgan fingerprint density at radius 2 is 1.26 bits per heavy atom. The van der Waals surface area contributed by atoms with Crippen molar-refractivity contribution in [2.24, 2.45) is 0 Å². The number of para-hydroxylation sites is 1. The van der Waals surface area contributed by atoms with Crippen LogP contribution in [0.15, 0.2) is 97.1 Å². The predicted octanol–water partition coefficient (Wildman–Crippen LogP) is 5.92. The normalized spacial score (nSPS) is 10.4. The molecule has 2 amide bonds. The van der Waals surface area contributed by atoms with Gasteiger partial charge in [-0.1, -0.05) is 60.7 Å². The van der Waals surface area contributed by atoms with Gasteiger partial charge in [0.15, 0.2) is 6.29 Å². The molecule has 0 aliphatic rings. The second-order valence-electron chi connectivity index (χ2n) is 8.54. The number of ether oxygens (including phenoxy) is 1. The van der Waals surface area contributed by atoms with E-state index >= 15 is 0 Å². The molecule has 9 nitrogen and oxygen atoms in total. The Hall–Kier alpha value is -5.44. The van der Waals surface area contributed by atoms with Crippen molar-refractivity contribution in [1.29, 1.82) is 0 Å². The highest BCUT2D eigenvalue weighted by molar-refractivity contribution is 6.06. The van der Waals surface area contributed by atoms with E-state index in [0.29, 0.717) is 11.5 Å². The number of carboxylic acid groups (broad SMARTS) is 2. The first-order valence-corrected chi connectivity index (χ1v) is 11.9. The maximum atomic E-state index is 13.4. The summed E-state index contributed by atoms with van der Waals surface area (Å²) in [6.45, 7) is 0.350. The van der Waals surface area contributed by atoms with Crippen LogP contribution < -0.4 is 10.1 Å². The van der Waals surface area contributed by atoms with Gasteiger partial charge in [-0.3, -0.25) is 4.79 Å². The van der Waals surface area contributed by atoms with E-state index < -0.39 is 29.1 Å². The molecule has 39 heavy (non-hydrogen) atoms. The number of hydrogen-bond acceptors (Lipinski definition) is 5. The predicted molar refractivity (Wildman–Crippen MR) is 143 cm³/mol. The molecule has 0 unspecified atom stereocenters. The third-order valence-corrected chi connectivity index (χ3v) is 5.80. The summed E-state index contributed by atoms with van der Waals surface area (Å²) in [4.78, 5) is 49.6. The molecule has 9 heteroatoms. The molecule has 0 heterocycles. The number of nitrogens with zero attached hydrogens (tertiary/aromatic N) is 1. The lowest BCUT2D eigenvalue weighted by molar-refractivity contribution is 0.0680. The van der Waals surface area contributed by atoms with E-state index in [0.717, 1.165) is 23.3 Å². The quantitative estimate of drug-likeness (QED) is 0.219. The fraction of sp³-hybridized carbons (Fsp3) is 0.0667. The van der Waals surface area contributed by atoms with Crippen LogP contribution in [-0.2, 0) is 13.1 Å². The van der Waals surface area contributed by atoms with Crippen molar-refractivity contribution in [1.82, 2.24) is 4.90 Å². The average molecular weight is 525 g/mol.